The van der Waals surface area contributed by atoms with Gasteiger partial charge in [-0.2, -0.15) is 0 Å². The molecule has 1 aliphatic rings. The number of hydrogen-bond acceptors (Lipinski definition) is 1. The van der Waals surface area contributed by atoms with E-state index < -0.39 is 0 Å². The Labute approximate surface area is 78.8 Å². The van der Waals surface area contributed by atoms with Crippen LogP contribution in [0.5, 0.6) is 0 Å². The maximum absolute atomic E-state index is 11.8. The molecule has 1 aromatic carbocycles. The van der Waals surface area contributed by atoms with Crippen LogP contribution in [0, 0.1) is 5.92 Å². The van der Waals surface area contributed by atoms with E-state index in [-0.39, 0.29) is 0 Å². The third kappa shape index (κ3) is 1.64. The molecule has 13 heavy (non-hydrogen) atoms. The number of aryl methyl sites for hydroxylation is 1. The lowest BCUT2D eigenvalue weighted by Crippen LogP contribution is -2.04. The Morgan fingerprint density at radius 3 is 2.69 bits per heavy atom. The zero-order chi connectivity index (χ0) is 9.26. The molecule has 2 rings (SSSR count). The van der Waals surface area contributed by atoms with E-state index in [0.717, 1.165) is 24.8 Å². The van der Waals surface area contributed by atoms with E-state index in [9.17, 15) is 4.79 Å². The number of carbonyl (C=O) groups is 1. The highest BCUT2D eigenvalue weighted by atomic mass is 16.1. The summed E-state index contributed by atoms with van der Waals surface area (Å²) in [6, 6.07) is 7.96. The van der Waals surface area contributed by atoms with Gasteiger partial charge in [0, 0.05) is 11.5 Å². The highest BCUT2D eigenvalue weighted by molar-refractivity contribution is 6.00. The zero-order valence-electron chi connectivity index (χ0n) is 7.92. The van der Waals surface area contributed by atoms with Crippen LogP contribution in [0.2, 0.25) is 0 Å². The molecule has 0 N–H and O–H groups in total. The van der Waals surface area contributed by atoms with Gasteiger partial charge >= 0.3 is 0 Å². The van der Waals surface area contributed by atoms with Crippen LogP contribution in [0.25, 0.3) is 0 Å². The summed E-state index contributed by atoms with van der Waals surface area (Å²) in [5.41, 5.74) is 2.15. The van der Waals surface area contributed by atoms with Gasteiger partial charge in [0.2, 0.25) is 0 Å². The molecule has 0 radical (unpaired) electrons. The SMILES string of the molecule is CCc1ccccc1C(=O)C1CC1. The number of hydrogen-bond donors (Lipinski definition) is 0. The van der Waals surface area contributed by atoms with E-state index in [0.29, 0.717) is 11.7 Å². The molecule has 0 amide bonds. The molecule has 0 unspecified atom stereocenters. The standard InChI is InChI=1S/C12H14O/c1-2-9-5-3-4-6-11(9)12(13)10-7-8-10/h3-6,10H,2,7-8H2,1H3. The number of carbonyl (C=O) groups excluding carboxylic acids is 1. The Bertz CT molecular complexity index is 324. The molecule has 1 saturated carbocycles. The van der Waals surface area contributed by atoms with Crippen molar-refractivity contribution in [2.75, 3.05) is 0 Å². The first-order chi connectivity index (χ1) is 6.33. The summed E-state index contributed by atoms with van der Waals surface area (Å²) in [5.74, 6) is 0.699. The molecule has 1 aliphatic carbocycles. The van der Waals surface area contributed by atoms with Gasteiger partial charge in [0.05, 0.1) is 0 Å². The highest BCUT2D eigenvalue weighted by Gasteiger charge is 2.31. The van der Waals surface area contributed by atoms with Gasteiger partial charge < -0.3 is 0 Å². The van der Waals surface area contributed by atoms with E-state index in [1.165, 1.54) is 5.56 Å². The van der Waals surface area contributed by atoms with Crippen molar-refractivity contribution in [2.45, 2.75) is 26.2 Å². The highest BCUT2D eigenvalue weighted by Crippen LogP contribution is 2.33. The molecule has 1 aromatic rings. The molecule has 0 atom stereocenters. The second kappa shape index (κ2) is 3.33. The lowest BCUT2D eigenvalue weighted by molar-refractivity contribution is 0.0967. The molecule has 0 aromatic heterocycles. The lowest BCUT2D eigenvalue weighted by atomic mass is 9.99. The van der Waals surface area contributed by atoms with Crippen molar-refractivity contribution in [1.82, 2.24) is 0 Å². The van der Waals surface area contributed by atoms with Crippen molar-refractivity contribution in [3.05, 3.63) is 35.4 Å². The van der Waals surface area contributed by atoms with Crippen molar-refractivity contribution in [1.29, 1.82) is 0 Å². The largest absolute Gasteiger partial charge is 0.294 e. The van der Waals surface area contributed by atoms with E-state index in [2.05, 4.69) is 13.0 Å². The molecule has 68 valence electrons. The summed E-state index contributed by atoms with van der Waals surface area (Å²) in [6.07, 6.45) is 3.14. The summed E-state index contributed by atoms with van der Waals surface area (Å²) < 4.78 is 0. The molecule has 0 bridgehead atoms. The Hall–Kier alpha value is -1.11. The Morgan fingerprint density at radius 2 is 2.08 bits per heavy atom. The molecule has 1 fully saturated rings. The topological polar surface area (TPSA) is 17.1 Å². The summed E-state index contributed by atoms with van der Waals surface area (Å²) in [7, 11) is 0. The third-order valence-electron chi connectivity index (χ3n) is 2.61. The smallest absolute Gasteiger partial charge is 0.166 e. The van der Waals surface area contributed by atoms with E-state index in [1.807, 2.05) is 18.2 Å². The van der Waals surface area contributed by atoms with Gasteiger partial charge in [0.1, 0.15) is 0 Å². The maximum Gasteiger partial charge on any atom is 0.166 e. The maximum atomic E-state index is 11.8. The molecule has 0 aliphatic heterocycles. The zero-order valence-corrected chi connectivity index (χ0v) is 7.92. The summed E-state index contributed by atoms with van der Waals surface area (Å²) in [4.78, 5) is 11.8. The summed E-state index contributed by atoms with van der Waals surface area (Å²) >= 11 is 0. The molecule has 1 nitrogen and oxygen atoms in total. The Morgan fingerprint density at radius 1 is 1.38 bits per heavy atom. The molecule has 1 heteroatoms. The molecule has 0 spiro atoms. The molecule has 0 saturated heterocycles. The molecular formula is C12H14O. The molecule has 0 heterocycles. The predicted molar refractivity (Wildman–Crippen MR) is 52.9 cm³/mol. The van der Waals surface area contributed by atoms with Gasteiger partial charge in [-0.1, -0.05) is 31.2 Å². The predicted octanol–water partition coefficient (Wildman–Crippen LogP) is 2.84. The lowest BCUT2D eigenvalue weighted by Gasteiger charge is -2.04. The van der Waals surface area contributed by atoms with Crippen molar-refractivity contribution >= 4 is 5.78 Å². The number of ketones is 1. The van der Waals surface area contributed by atoms with Crippen molar-refractivity contribution in [2.24, 2.45) is 5.92 Å². The van der Waals surface area contributed by atoms with Crippen LogP contribution in [0.3, 0.4) is 0 Å². The minimum Gasteiger partial charge on any atom is -0.294 e. The monoisotopic (exact) mass is 174 g/mol. The van der Waals surface area contributed by atoms with Gasteiger partial charge in [-0.05, 0) is 24.8 Å². The average Bonchev–Trinajstić information content (AvgIpc) is 3.00. The number of benzene rings is 1. The Balaban J connectivity index is 2.31. The van der Waals surface area contributed by atoms with E-state index in [4.69, 9.17) is 0 Å². The van der Waals surface area contributed by atoms with Crippen LogP contribution in [0.4, 0.5) is 0 Å². The van der Waals surface area contributed by atoms with Crippen molar-refractivity contribution in [3.8, 4) is 0 Å². The first-order valence-corrected chi connectivity index (χ1v) is 4.95. The van der Waals surface area contributed by atoms with Crippen LogP contribution in [-0.2, 0) is 6.42 Å². The third-order valence-corrected chi connectivity index (χ3v) is 2.61. The van der Waals surface area contributed by atoms with Crippen LogP contribution in [0.1, 0.15) is 35.7 Å². The van der Waals surface area contributed by atoms with Crippen molar-refractivity contribution < 1.29 is 4.79 Å². The fraction of sp³-hybridized carbons (Fsp3) is 0.417. The van der Waals surface area contributed by atoms with Gasteiger partial charge in [-0.15, -0.1) is 0 Å². The normalized spacial score (nSPS) is 15.8. The second-order valence-electron chi connectivity index (χ2n) is 3.65. The number of rotatable bonds is 3. The van der Waals surface area contributed by atoms with Crippen LogP contribution < -0.4 is 0 Å². The number of Topliss-reactive ketones (excluding diaryl/α,β-unsaturated/α-hetero) is 1. The van der Waals surface area contributed by atoms with Crippen molar-refractivity contribution in [3.63, 3.8) is 0 Å². The second-order valence-corrected chi connectivity index (χ2v) is 3.65. The Kier molecular flexibility index (Phi) is 2.17. The first kappa shape index (κ1) is 8.49. The summed E-state index contributed by atoms with van der Waals surface area (Å²) in [5, 5.41) is 0. The van der Waals surface area contributed by atoms with Gasteiger partial charge in [-0.3, -0.25) is 4.79 Å². The van der Waals surface area contributed by atoms with Crippen LogP contribution in [-0.4, -0.2) is 5.78 Å². The van der Waals surface area contributed by atoms with Gasteiger partial charge in [0.15, 0.2) is 5.78 Å². The average molecular weight is 174 g/mol. The summed E-state index contributed by atoms with van der Waals surface area (Å²) in [6.45, 7) is 2.10. The minimum absolute atomic E-state index is 0.340. The van der Waals surface area contributed by atoms with Crippen LogP contribution in [0.15, 0.2) is 24.3 Å². The van der Waals surface area contributed by atoms with E-state index >= 15 is 0 Å². The van der Waals surface area contributed by atoms with E-state index in [1.54, 1.807) is 0 Å². The quantitative estimate of drug-likeness (QED) is 0.644. The first-order valence-electron chi connectivity index (χ1n) is 4.95. The van der Waals surface area contributed by atoms with Crippen LogP contribution >= 0.6 is 0 Å². The van der Waals surface area contributed by atoms with Gasteiger partial charge in [0.25, 0.3) is 0 Å². The fourth-order valence-electron chi connectivity index (χ4n) is 1.63. The van der Waals surface area contributed by atoms with Gasteiger partial charge in [-0.25, -0.2) is 0 Å². The fourth-order valence-corrected chi connectivity index (χ4v) is 1.63. The minimum atomic E-state index is 0.340. The molecular weight excluding hydrogens is 160 g/mol.